The number of ether oxygens (including phenoxy) is 1. The van der Waals surface area contributed by atoms with E-state index < -0.39 is 12.1 Å². The van der Waals surface area contributed by atoms with Gasteiger partial charge in [-0.25, -0.2) is 4.79 Å². The Labute approximate surface area is 153 Å². The lowest BCUT2D eigenvalue weighted by molar-refractivity contribution is 0.0315. The second kappa shape index (κ2) is 7.87. The molecule has 0 aliphatic carbocycles. The lowest BCUT2D eigenvalue weighted by Crippen LogP contribution is -2.25. The molecule has 0 N–H and O–H groups in total. The Morgan fingerprint density at radius 1 is 1.00 bits per heavy atom. The summed E-state index contributed by atoms with van der Waals surface area (Å²) in [5.74, 6) is -0.674. The summed E-state index contributed by atoms with van der Waals surface area (Å²) >= 11 is 1.47. The van der Waals surface area contributed by atoms with Crippen LogP contribution in [0.4, 0.5) is 0 Å². The van der Waals surface area contributed by atoms with E-state index in [1.807, 2.05) is 30.5 Å². The molecular weight excluding hydrogens is 332 g/mol. The molecule has 0 saturated carbocycles. The molecule has 0 aliphatic rings. The Hall–Kier alpha value is -2.07. The Morgan fingerprint density at radius 2 is 1.60 bits per heavy atom. The molecule has 132 valence electrons. The summed E-state index contributed by atoms with van der Waals surface area (Å²) < 4.78 is 5.39. The van der Waals surface area contributed by atoms with Crippen LogP contribution in [-0.4, -0.2) is 24.1 Å². The van der Waals surface area contributed by atoms with Crippen molar-refractivity contribution in [2.24, 2.45) is 0 Å². The van der Waals surface area contributed by atoms with Crippen molar-refractivity contribution in [2.45, 2.75) is 44.1 Å². The smallest absolute Gasteiger partial charge is 0.339 e. The average molecular weight is 356 g/mol. The van der Waals surface area contributed by atoms with Gasteiger partial charge in [-0.05, 0) is 36.3 Å². The number of hydrogen-bond donors (Lipinski definition) is 0. The quantitative estimate of drug-likeness (QED) is 0.423. The molecule has 25 heavy (non-hydrogen) atoms. The highest BCUT2D eigenvalue weighted by atomic mass is 32.2. The van der Waals surface area contributed by atoms with E-state index in [9.17, 15) is 9.59 Å². The third-order valence-corrected chi connectivity index (χ3v) is 4.81. The second-order valence-electron chi connectivity index (χ2n) is 6.94. The van der Waals surface area contributed by atoms with Crippen molar-refractivity contribution < 1.29 is 14.3 Å². The van der Waals surface area contributed by atoms with Crippen molar-refractivity contribution >= 4 is 23.5 Å². The highest BCUT2D eigenvalue weighted by Gasteiger charge is 2.22. The molecule has 0 bridgehead atoms. The largest absolute Gasteiger partial charge is 0.451 e. The van der Waals surface area contributed by atoms with E-state index in [1.165, 1.54) is 11.8 Å². The Morgan fingerprint density at radius 3 is 2.16 bits per heavy atom. The third-order valence-electron chi connectivity index (χ3n) is 4.02. The normalized spacial score (nSPS) is 12.5. The van der Waals surface area contributed by atoms with Gasteiger partial charge in [-0.3, -0.25) is 4.79 Å². The Balaban J connectivity index is 2.11. The Kier molecular flexibility index (Phi) is 6.07. The van der Waals surface area contributed by atoms with Crippen molar-refractivity contribution in [1.29, 1.82) is 0 Å². The van der Waals surface area contributed by atoms with Crippen LogP contribution in [0, 0.1) is 0 Å². The number of esters is 1. The van der Waals surface area contributed by atoms with Gasteiger partial charge in [-0.15, -0.1) is 11.8 Å². The number of benzene rings is 2. The fourth-order valence-corrected chi connectivity index (χ4v) is 3.05. The first-order chi connectivity index (χ1) is 11.7. The van der Waals surface area contributed by atoms with Crippen molar-refractivity contribution in [2.75, 3.05) is 6.26 Å². The highest BCUT2D eigenvalue weighted by molar-refractivity contribution is 7.98. The zero-order chi connectivity index (χ0) is 18.6. The van der Waals surface area contributed by atoms with Crippen molar-refractivity contribution in [3.05, 3.63) is 65.2 Å². The number of Topliss-reactive ketones (excluding diaryl/α,β-unsaturated/α-hetero) is 1. The van der Waals surface area contributed by atoms with Crippen LogP contribution in [0.25, 0.3) is 0 Å². The van der Waals surface area contributed by atoms with Gasteiger partial charge in [0.25, 0.3) is 0 Å². The first-order valence-electron chi connectivity index (χ1n) is 8.23. The van der Waals surface area contributed by atoms with E-state index >= 15 is 0 Å². The molecule has 0 amide bonds. The molecule has 0 saturated heterocycles. The van der Waals surface area contributed by atoms with Crippen LogP contribution >= 0.6 is 11.8 Å². The number of hydrogen-bond acceptors (Lipinski definition) is 4. The molecule has 0 heterocycles. The molecule has 0 fully saturated rings. The number of ketones is 1. The fourth-order valence-electron chi connectivity index (χ4n) is 2.46. The minimum atomic E-state index is -0.831. The van der Waals surface area contributed by atoms with Crippen molar-refractivity contribution in [3.8, 4) is 0 Å². The molecule has 4 heteroatoms. The summed E-state index contributed by atoms with van der Waals surface area (Å²) in [6, 6.07) is 14.7. The van der Waals surface area contributed by atoms with E-state index in [0.717, 1.165) is 10.5 Å². The monoisotopic (exact) mass is 356 g/mol. The van der Waals surface area contributed by atoms with Gasteiger partial charge in [0.05, 0.1) is 5.56 Å². The van der Waals surface area contributed by atoms with Crippen LogP contribution in [0.2, 0.25) is 0 Å². The lowest BCUT2D eigenvalue weighted by atomic mass is 9.86. The molecule has 0 radical (unpaired) electrons. The van der Waals surface area contributed by atoms with E-state index in [1.54, 1.807) is 31.2 Å². The first-order valence-corrected chi connectivity index (χ1v) is 9.45. The second-order valence-corrected chi connectivity index (χ2v) is 7.79. The maximum Gasteiger partial charge on any atom is 0.339 e. The predicted molar refractivity (Wildman–Crippen MR) is 103 cm³/mol. The summed E-state index contributed by atoms with van der Waals surface area (Å²) in [5, 5.41) is 0. The number of carbonyl (C=O) groups is 2. The summed E-state index contributed by atoms with van der Waals surface area (Å²) in [7, 11) is 0. The minimum absolute atomic E-state index is 0.0290. The first kappa shape index (κ1) is 19.3. The molecule has 0 spiro atoms. The van der Waals surface area contributed by atoms with Crippen molar-refractivity contribution in [1.82, 2.24) is 0 Å². The van der Waals surface area contributed by atoms with Crippen LogP contribution in [0.5, 0.6) is 0 Å². The van der Waals surface area contributed by atoms with E-state index in [-0.39, 0.29) is 11.2 Å². The number of carbonyl (C=O) groups excluding carboxylic acids is 2. The minimum Gasteiger partial charge on any atom is -0.451 e. The van der Waals surface area contributed by atoms with Crippen molar-refractivity contribution in [3.63, 3.8) is 0 Å². The molecule has 0 aromatic heterocycles. The highest BCUT2D eigenvalue weighted by Crippen LogP contribution is 2.24. The fraction of sp³-hybridized carbons (Fsp3) is 0.333. The predicted octanol–water partition coefficient (Wildman–Crippen LogP) is 5.13. The van der Waals surface area contributed by atoms with Crippen LogP contribution in [0.3, 0.4) is 0 Å². The zero-order valence-corrected chi connectivity index (χ0v) is 16.1. The average Bonchev–Trinajstić information content (AvgIpc) is 2.60. The van der Waals surface area contributed by atoms with Gasteiger partial charge in [-0.2, -0.15) is 0 Å². The van der Waals surface area contributed by atoms with E-state index in [4.69, 9.17) is 4.74 Å². The molecule has 0 unspecified atom stereocenters. The standard InChI is InChI=1S/C21H24O3S/c1-14(24-20(23)17-8-6-7-9-18(17)25-5)19(22)15-10-12-16(13-11-15)21(2,3)4/h6-14H,1-5H3/t14-/m1/s1. The molecule has 0 aliphatic heterocycles. The van der Waals surface area contributed by atoms with Gasteiger partial charge < -0.3 is 4.74 Å². The molecule has 2 rings (SSSR count). The van der Waals surface area contributed by atoms with E-state index in [2.05, 4.69) is 20.8 Å². The third kappa shape index (κ3) is 4.73. The van der Waals surface area contributed by atoms with Crippen LogP contribution in [0.1, 0.15) is 54.0 Å². The van der Waals surface area contributed by atoms with Gasteiger partial charge in [0.1, 0.15) is 0 Å². The summed E-state index contributed by atoms with van der Waals surface area (Å²) in [6.07, 6.45) is 1.07. The molecule has 1 atom stereocenters. The van der Waals surface area contributed by atoms with Crippen LogP contribution in [0.15, 0.2) is 53.4 Å². The van der Waals surface area contributed by atoms with Gasteiger partial charge in [-0.1, -0.05) is 57.2 Å². The lowest BCUT2D eigenvalue weighted by Gasteiger charge is -2.19. The molecular formula is C21H24O3S. The molecule has 2 aromatic carbocycles. The number of rotatable bonds is 5. The van der Waals surface area contributed by atoms with Gasteiger partial charge in [0.15, 0.2) is 6.10 Å². The van der Waals surface area contributed by atoms with E-state index in [0.29, 0.717) is 11.1 Å². The number of thioether (sulfide) groups is 1. The van der Waals surface area contributed by atoms with Crippen LogP contribution in [-0.2, 0) is 10.2 Å². The maximum atomic E-state index is 12.5. The van der Waals surface area contributed by atoms with Gasteiger partial charge in [0.2, 0.25) is 5.78 Å². The zero-order valence-electron chi connectivity index (χ0n) is 15.3. The molecule has 2 aromatic rings. The van der Waals surface area contributed by atoms with Gasteiger partial charge in [0, 0.05) is 10.5 Å². The summed E-state index contributed by atoms with van der Waals surface area (Å²) in [5.41, 5.74) is 2.22. The topological polar surface area (TPSA) is 43.4 Å². The van der Waals surface area contributed by atoms with Gasteiger partial charge >= 0.3 is 5.97 Å². The molecule has 3 nitrogen and oxygen atoms in total. The summed E-state index contributed by atoms with van der Waals surface area (Å²) in [4.78, 5) is 25.7. The van der Waals surface area contributed by atoms with Crippen LogP contribution < -0.4 is 0 Å². The SMILES string of the molecule is CSc1ccccc1C(=O)O[C@H](C)C(=O)c1ccc(C(C)(C)C)cc1. The summed E-state index contributed by atoms with van der Waals surface area (Å²) in [6.45, 7) is 7.98. The Bertz CT molecular complexity index is 757. The maximum absolute atomic E-state index is 12.5.